The molecule has 0 spiro atoms. The zero-order chi connectivity index (χ0) is 45.3. The highest BCUT2D eigenvalue weighted by Crippen LogP contribution is 2.25. The highest BCUT2D eigenvalue weighted by molar-refractivity contribution is 5.76. The van der Waals surface area contributed by atoms with Crippen molar-refractivity contribution >= 4 is 12.0 Å². The van der Waals surface area contributed by atoms with Gasteiger partial charge in [0.25, 0.3) is 0 Å². The maximum absolute atomic E-state index is 13.1. The summed E-state index contributed by atoms with van der Waals surface area (Å²) in [5.74, 6) is -0.176. The van der Waals surface area contributed by atoms with Crippen molar-refractivity contribution < 1.29 is 44.2 Å². The van der Waals surface area contributed by atoms with Crippen LogP contribution in [0, 0.1) is 0 Å². The van der Waals surface area contributed by atoms with Gasteiger partial charge < -0.3 is 45.7 Å². The molecule has 11 nitrogen and oxygen atoms in total. The molecule has 1 heterocycles. The van der Waals surface area contributed by atoms with E-state index in [0.717, 1.165) is 38.5 Å². The third kappa shape index (κ3) is 32.2. The zero-order valence-corrected chi connectivity index (χ0v) is 40.2. The Morgan fingerprint density at radius 1 is 0.565 bits per heavy atom. The maximum Gasteiger partial charge on any atom is 0.405 e. The van der Waals surface area contributed by atoms with Gasteiger partial charge in [0.1, 0.15) is 18.3 Å². The van der Waals surface area contributed by atoms with Crippen molar-refractivity contribution in [3.05, 3.63) is 0 Å². The lowest BCUT2D eigenvalue weighted by molar-refractivity contribution is -0.301. The number of nitrogens with one attached hydrogen (secondary N) is 1. The average Bonchev–Trinajstić information content (AvgIpc) is 3.26. The standard InChI is InChI=1S/C51H100N2O9/c1-3-5-7-9-11-13-15-17-18-19-20-21-22-23-24-25-26-28-30-32-34-36-38-40-46(56)53-43(42-60-50-49(62-51(52)59)48(58)47(57)45(41-54)61-50)44(55)39-37-35-33-31-29-27-16-14-12-10-8-6-4-2/h43-45,47-50,54-55,57-58H,3-42H2,1-2H3,(H2,52,59)(H,53,56)/t43-,44+,45+,47-,48-,49+,50+/m0/s1. The number of primary amides is 1. The van der Waals surface area contributed by atoms with Crippen molar-refractivity contribution in [3.8, 4) is 0 Å². The van der Waals surface area contributed by atoms with Gasteiger partial charge in [-0.15, -0.1) is 0 Å². The zero-order valence-electron chi connectivity index (χ0n) is 40.2. The second-order valence-corrected chi connectivity index (χ2v) is 18.7. The smallest absolute Gasteiger partial charge is 0.405 e. The van der Waals surface area contributed by atoms with Crippen LogP contribution in [0.5, 0.6) is 0 Å². The van der Waals surface area contributed by atoms with Crippen LogP contribution in [0.25, 0.3) is 0 Å². The van der Waals surface area contributed by atoms with Crippen LogP contribution in [0.4, 0.5) is 4.79 Å². The summed E-state index contributed by atoms with van der Waals surface area (Å²) < 4.78 is 16.5. The van der Waals surface area contributed by atoms with E-state index in [0.29, 0.717) is 12.8 Å². The number of carbonyl (C=O) groups excluding carboxylic acids is 2. The molecule has 0 aromatic heterocycles. The van der Waals surface area contributed by atoms with Gasteiger partial charge in [-0.25, -0.2) is 4.79 Å². The van der Waals surface area contributed by atoms with Crippen molar-refractivity contribution in [1.29, 1.82) is 0 Å². The molecule has 0 bridgehead atoms. The summed E-state index contributed by atoms with van der Waals surface area (Å²) >= 11 is 0. The molecule has 0 radical (unpaired) electrons. The Labute approximate surface area is 380 Å². The van der Waals surface area contributed by atoms with Gasteiger partial charge in [-0.1, -0.05) is 239 Å². The summed E-state index contributed by atoms with van der Waals surface area (Å²) in [5.41, 5.74) is 5.21. The number of unbranched alkanes of at least 4 members (excludes halogenated alkanes) is 34. The fourth-order valence-electron chi connectivity index (χ4n) is 8.82. The fourth-order valence-corrected chi connectivity index (χ4v) is 8.82. The van der Waals surface area contributed by atoms with Gasteiger partial charge in [-0.05, 0) is 12.8 Å². The molecular weight excluding hydrogens is 785 g/mol. The molecule has 0 aliphatic carbocycles. The summed E-state index contributed by atoms with van der Waals surface area (Å²) in [6, 6.07) is -0.779. The predicted molar refractivity (Wildman–Crippen MR) is 253 cm³/mol. The van der Waals surface area contributed by atoms with E-state index in [-0.39, 0.29) is 12.5 Å². The SMILES string of the molecule is CCCCCCCCCCCCCCCCCCCCCCCCCC(=O)N[C@@H](CO[C@@H]1O[C@H](CO)[C@H](O)[C@H](O)[C@H]1OC(N)=O)[C@H](O)CCCCCCCCCCCCCCC. The van der Waals surface area contributed by atoms with Crippen LogP contribution in [0.3, 0.4) is 0 Å². The number of rotatable bonds is 45. The molecule has 11 heteroatoms. The largest absolute Gasteiger partial charge is 0.438 e. The van der Waals surface area contributed by atoms with Crippen molar-refractivity contribution in [3.63, 3.8) is 0 Å². The summed E-state index contributed by atoms with van der Waals surface area (Å²) in [4.78, 5) is 24.7. The van der Waals surface area contributed by atoms with Gasteiger partial charge in [-0.2, -0.15) is 0 Å². The third-order valence-electron chi connectivity index (χ3n) is 12.9. The van der Waals surface area contributed by atoms with Gasteiger partial charge in [0.05, 0.1) is 25.4 Å². The molecule has 2 amide bonds. The number of amides is 2. The molecule has 1 aliphatic heterocycles. The van der Waals surface area contributed by atoms with Crippen molar-refractivity contribution in [2.45, 2.75) is 301 Å². The molecule has 1 aliphatic rings. The Kier molecular flexibility index (Phi) is 39.8. The minimum atomic E-state index is -1.62. The molecule has 7 atom stereocenters. The lowest BCUT2D eigenvalue weighted by atomic mass is 9.99. The van der Waals surface area contributed by atoms with Gasteiger partial charge in [0.15, 0.2) is 12.4 Å². The van der Waals surface area contributed by atoms with Crippen LogP contribution in [-0.2, 0) is 19.0 Å². The van der Waals surface area contributed by atoms with E-state index in [2.05, 4.69) is 19.2 Å². The Morgan fingerprint density at radius 3 is 1.27 bits per heavy atom. The summed E-state index contributed by atoms with van der Waals surface area (Å²) in [6.07, 6.45) is 37.7. The van der Waals surface area contributed by atoms with Crippen LogP contribution in [-0.4, -0.2) is 88.5 Å². The third-order valence-corrected chi connectivity index (χ3v) is 12.9. The molecule has 368 valence electrons. The predicted octanol–water partition coefficient (Wildman–Crippen LogP) is 11.6. The number of nitrogens with two attached hydrogens (primary N) is 1. The Morgan fingerprint density at radius 2 is 0.919 bits per heavy atom. The van der Waals surface area contributed by atoms with E-state index in [1.54, 1.807) is 0 Å². The van der Waals surface area contributed by atoms with Crippen LogP contribution < -0.4 is 11.1 Å². The molecule has 0 aromatic rings. The molecule has 62 heavy (non-hydrogen) atoms. The first-order valence-corrected chi connectivity index (χ1v) is 26.4. The van der Waals surface area contributed by atoms with E-state index in [1.165, 1.54) is 193 Å². The maximum atomic E-state index is 13.1. The molecule has 1 rings (SSSR count). The minimum absolute atomic E-state index is 0.176. The van der Waals surface area contributed by atoms with Gasteiger partial charge in [-0.3, -0.25) is 4.79 Å². The number of hydrogen-bond acceptors (Lipinski definition) is 9. The molecule has 0 aromatic carbocycles. The molecule has 1 saturated heterocycles. The number of carbonyl (C=O) groups is 2. The molecule has 7 N–H and O–H groups in total. The van der Waals surface area contributed by atoms with Gasteiger partial charge >= 0.3 is 6.09 Å². The highest BCUT2D eigenvalue weighted by Gasteiger charge is 2.47. The molecule has 0 unspecified atom stereocenters. The van der Waals surface area contributed by atoms with E-state index in [1.807, 2.05) is 0 Å². The highest BCUT2D eigenvalue weighted by atomic mass is 16.7. The van der Waals surface area contributed by atoms with Crippen LogP contribution in [0.2, 0.25) is 0 Å². The van der Waals surface area contributed by atoms with E-state index >= 15 is 0 Å². The number of aliphatic hydroxyl groups is 4. The fraction of sp³-hybridized carbons (Fsp3) is 0.961. The first kappa shape index (κ1) is 58.5. The second kappa shape index (κ2) is 42.2. The summed E-state index contributed by atoms with van der Waals surface area (Å²) in [6.45, 7) is 3.72. The van der Waals surface area contributed by atoms with Crippen molar-refractivity contribution in [2.75, 3.05) is 13.2 Å². The summed E-state index contributed by atoms with van der Waals surface area (Å²) in [7, 11) is 0. The summed E-state index contributed by atoms with van der Waals surface area (Å²) in [5, 5.41) is 44.8. The van der Waals surface area contributed by atoms with Crippen molar-refractivity contribution in [1.82, 2.24) is 5.32 Å². The lowest BCUT2D eigenvalue weighted by Gasteiger charge is -2.41. The first-order chi connectivity index (χ1) is 30.2. The Bertz CT molecular complexity index is 1010. The van der Waals surface area contributed by atoms with Crippen LogP contribution >= 0.6 is 0 Å². The average molecular weight is 885 g/mol. The molecule has 0 saturated carbocycles. The van der Waals surface area contributed by atoms with E-state index in [4.69, 9.17) is 19.9 Å². The normalized spacial score (nSPS) is 20.0. The van der Waals surface area contributed by atoms with Gasteiger partial charge in [0, 0.05) is 6.42 Å². The molecule has 1 fully saturated rings. The van der Waals surface area contributed by atoms with Gasteiger partial charge in [0.2, 0.25) is 5.91 Å². The van der Waals surface area contributed by atoms with Crippen molar-refractivity contribution in [2.24, 2.45) is 5.73 Å². The second-order valence-electron chi connectivity index (χ2n) is 18.7. The lowest BCUT2D eigenvalue weighted by Crippen LogP contribution is -2.61. The van der Waals surface area contributed by atoms with Crippen LogP contribution in [0.15, 0.2) is 0 Å². The van der Waals surface area contributed by atoms with E-state index < -0.39 is 55.6 Å². The van der Waals surface area contributed by atoms with E-state index in [9.17, 15) is 30.0 Å². The Balaban J connectivity index is 2.32. The monoisotopic (exact) mass is 885 g/mol. The number of ether oxygens (including phenoxy) is 3. The first-order valence-electron chi connectivity index (χ1n) is 26.4. The minimum Gasteiger partial charge on any atom is -0.438 e. The molecular formula is C51H100N2O9. The number of hydrogen-bond donors (Lipinski definition) is 6. The Hall–Kier alpha value is -1.50. The number of aliphatic hydroxyl groups excluding tert-OH is 4. The van der Waals surface area contributed by atoms with Crippen LogP contribution in [0.1, 0.15) is 258 Å². The topological polar surface area (TPSA) is 181 Å². The quantitative estimate of drug-likeness (QED) is 0.0324.